The van der Waals surface area contributed by atoms with Crippen LogP contribution in [0.5, 0.6) is 5.75 Å². The minimum absolute atomic E-state index is 0.186. The van der Waals surface area contributed by atoms with Gasteiger partial charge in [-0.3, -0.25) is 0 Å². The number of nitrogens with zero attached hydrogens (tertiary/aromatic N) is 1. The molecule has 1 aliphatic carbocycles. The number of alkyl halides is 2. The van der Waals surface area contributed by atoms with Crippen LogP contribution < -0.4 is 15.4 Å². The number of piperidine rings is 1. The normalized spacial score (nSPS) is 19.3. The van der Waals surface area contributed by atoms with Gasteiger partial charge in [-0.05, 0) is 49.3 Å². The molecule has 1 aromatic rings. The number of nitrogens with one attached hydrogen (secondary N) is 2. The molecule has 2 amide bonds. The van der Waals surface area contributed by atoms with Gasteiger partial charge in [-0.1, -0.05) is 31.4 Å². The second-order valence-electron chi connectivity index (χ2n) is 8.26. The lowest BCUT2D eigenvalue weighted by molar-refractivity contribution is 0.0818. The van der Waals surface area contributed by atoms with Crippen LogP contribution in [0.1, 0.15) is 50.5 Å². The van der Waals surface area contributed by atoms with Crippen LogP contribution in [-0.4, -0.2) is 49.6 Å². The zero-order chi connectivity index (χ0) is 20.5. The molecule has 0 aromatic heterocycles. The summed E-state index contributed by atoms with van der Waals surface area (Å²) in [5.74, 6) is 1.24. The van der Waals surface area contributed by atoms with Crippen molar-refractivity contribution < 1.29 is 18.3 Å². The zero-order valence-electron chi connectivity index (χ0n) is 17.0. The van der Waals surface area contributed by atoms with Gasteiger partial charge in [0.25, 0.3) is 6.43 Å². The van der Waals surface area contributed by atoms with E-state index in [9.17, 15) is 13.6 Å². The van der Waals surface area contributed by atoms with E-state index in [1.165, 1.54) is 38.6 Å². The Morgan fingerprint density at radius 2 is 1.90 bits per heavy atom. The molecule has 2 N–H and O–H groups in total. The minimum atomic E-state index is -2.50. The number of carbonyl (C=O) groups is 1. The van der Waals surface area contributed by atoms with E-state index in [4.69, 9.17) is 4.74 Å². The highest BCUT2D eigenvalue weighted by molar-refractivity contribution is 5.74. The van der Waals surface area contributed by atoms with Crippen molar-refractivity contribution in [3.63, 3.8) is 0 Å². The molecular formula is C22H33F2N3O2. The Morgan fingerprint density at radius 1 is 1.14 bits per heavy atom. The topological polar surface area (TPSA) is 53.6 Å². The first-order chi connectivity index (χ1) is 14.1. The molecule has 3 rings (SSSR count). The number of hydrogen-bond donors (Lipinski definition) is 2. The van der Waals surface area contributed by atoms with Crippen LogP contribution in [0.2, 0.25) is 0 Å². The number of ether oxygens (including phenoxy) is 1. The highest BCUT2D eigenvalue weighted by Crippen LogP contribution is 2.25. The fraction of sp³-hybridized carbons (Fsp3) is 0.682. The summed E-state index contributed by atoms with van der Waals surface area (Å²) in [7, 11) is 0. The van der Waals surface area contributed by atoms with E-state index >= 15 is 0 Å². The molecule has 1 aliphatic heterocycles. The van der Waals surface area contributed by atoms with Crippen molar-refractivity contribution in [3.05, 3.63) is 29.8 Å². The molecule has 7 heteroatoms. The van der Waals surface area contributed by atoms with E-state index in [1.807, 2.05) is 6.07 Å². The van der Waals surface area contributed by atoms with E-state index in [1.54, 1.807) is 18.2 Å². The van der Waals surface area contributed by atoms with Gasteiger partial charge in [0.2, 0.25) is 0 Å². The average molecular weight is 410 g/mol. The molecule has 0 atom stereocenters. The largest absolute Gasteiger partial charge is 0.488 e. The Kier molecular flexibility index (Phi) is 8.52. The van der Waals surface area contributed by atoms with Crippen LogP contribution in [0, 0.1) is 5.92 Å². The molecule has 0 radical (unpaired) electrons. The van der Waals surface area contributed by atoms with Crippen LogP contribution in [0.15, 0.2) is 24.3 Å². The zero-order valence-corrected chi connectivity index (χ0v) is 17.0. The standard InChI is InChI=1S/C22H33F2N3O2/c23-21(24)16-29-20-8-4-7-18(13-20)14-25-22(28)26-19-9-11-27(12-10-19)15-17-5-2-1-3-6-17/h4,7-8,13,17,19,21H,1-3,5-6,9-12,14-16H2,(H2,25,26,28). The molecule has 1 aromatic carbocycles. The molecule has 0 bridgehead atoms. The van der Waals surface area contributed by atoms with Crippen LogP contribution in [0.4, 0.5) is 13.6 Å². The van der Waals surface area contributed by atoms with Crippen molar-refractivity contribution in [2.45, 2.75) is 64.0 Å². The average Bonchev–Trinajstić information content (AvgIpc) is 2.73. The molecule has 162 valence electrons. The van der Waals surface area contributed by atoms with Gasteiger partial charge in [-0.2, -0.15) is 0 Å². The maximum absolute atomic E-state index is 12.2. The fourth-order valence-electron chi connectivity index (χ4n) is 4.32. The number of carbonyl (C=O) groups excluding carboxylic acids is 1. The van der Waals surface area contributed by atoms with E-state index in [2.05, 4.69) is 15.5 Å². The Hall–Kier alpha value is -1.89. The molecule has 2 fully saturated rings. The molecule has 1 saturated carbocycles. The second-order valence-corrected chi connectivity index (χ2v) is 8.26. The first-order valence-electron chi connectivity index (χ1n) is 10.8. The van der Waals surface area contributed by atoms with E-state index in [0.717, 1.165) is 37.4 Å². The van der Waals surface area contributed by atoms with Crippen molar-refractivity contribution in [2.75, 3.05) is 26.2 Å². The second kappa shape index (κ2) is 11.3. The third-order valence-corrected chi connectivity index (χ3v) is 5.89. The molecule has 1 heterocycles. The Bertz CT molecular complexity index is 630. The third-order valence-electron chi connectivity index (χ3n) is 5.89. The number of hydrogen-bond acceptors (Lipinski definition) is 3. The number of amides is 2. The monoisotopic (exact) mass is 409 g/mol. The predicted octanol–water partition coefficient (Wildman–Crippen LogP) is 4.17. The lowest BCUT2D eigenvalue weighted by Crippen LogP contribution is -2.48. The maximum atomic E-state index is 12.2. The van der Waals surface area contributed by atoms with Crippen LogP contribution >= 0.6 is 0 Å². The van der Waals surface area contributed by atoms with Crippen LogP contribution in [0.25, 0.3) is 0 Å². The number of benzene rings is 1. The van der Waals surface area contributed by atoms with E-state index in [0.29, 0.717) is 12.3 Å². The quantitative estimate of drug-likeness (QED) is 0.677. The fourth-order valence-corrected chi connectivity index (χ4v) is 4.32. The summed E-state index contributed by atoms with van der Waals surface area (Å²) in [5.41, 5.74) is 0.814. The summed E-state index contributed by atoms with van der Waals surface area (Å²) in [6.07, 6.45) is 6.35. The van der Waals surface area contributed by atoms with Gasteiger partial charge in [-0.25, -0.2) is 13.6 Å². The third kappa shape index (κ3) is 7.80. The Labute approximate surface area is 172 Å². The van der Waals surface area contributed by atoms with Gasteiger partial charge < -0.3 is 20.3 Å². The first-order valence-corrected chi connectivity index (χ1v) is 10.8. The predicted molar refractivity (Wildman–Crippen MR) is 109 cm³/mol. The van der Waals surface area contributed by atoms with Gasteiger partial charge in [0, 0.05) is 32.2 Å². The van der Waals surface area contributed by atoms with E-state index in [-0.39, 0.29) is 12.1 Å². The van der Waals surface area contributed by atoms with Gasteiger partial charge in [-0.15, -0.1) is 0 Å². The van der Waals surface area contributed by atoms with Crippen molar-refractivity contribution in [1.82, 2.24) is 15.5 Å². The number of rotatable bonds is 8. The highest BCUT2D eigenvalue weighted by atomic mass is 19.3. The maximum Gasteiger partial charge on any atom is 0.315 e. The summed E-state index contributed by atoms with van der Waals surface area (Å²) in [5, 5.41) is 5.91. The SMILES string of the molecule is O=C(NCc1cccc(OCC(F)F)c1)NC1CCN(CC2CCCCC2)CC1. The number of urea groups is 1. The highest BCUT2D eigenvalue weighted by Gasteiger charge is 2.23. The first kappa shape index (κ1) is 21.8. The van der Waals surface area contributed by atoms with E-state index < -0.39 is 13.0 Å². The van der Waals surface area contributed by atoms with Crippen molar-refractivity contribution >= 4 is 6.03 Å². The van der Waals surface area contributed by atoms with Gasteiger partial charge >= 0.3 is 6.03 Å². The van der Waals surface area contributed by atoms with Crippen LogP contribution in [0.3, 0.4) is 0 Å². The number of halogens is 2. The number of likely N-dealkylation sites (tertiary alicyclic amines) is 1. The smallest absolute Gasteiger partial charge is 0.315 e. The van der Waals surface area contributed by atoms with Crippen molar-refractivity contribution in [2.24, 2.45) is 5.92 Å². The van der Waals surface area contributed by atoms with Gasteiger partial charge in [0.1, 0.15) is 12.4 Å². The summed E-state index contributed by atoms with van der Waals surface area (Å²) in [6.45, 7) is 3.01. The molecule has 0 spiro atoms. The molecule has 0 unspecified atom stereocenters. The molecular weight excluding hydrogens is 376 g/mol. The molecule has 2 aliphatic rings. The van der Waals surface area contributed by atoms with Crippen LogP contribution in [-0.2, 0) is 6.54 Å². The lowest BCUT2D eigenvalue weighted by Gasteiger charge is -2.35. The molecule has 29 heavy (non-hydrogen) atoms. The summed E-state index contributed by atoms with van der Waals surface area (Å²) < 4.78 is 29.5. The van der Waals surface area contributed by atoms with Gasteiger partial charge in [0.15, 0.2) is 0 Å². The molecule has 5 nitrogen and oxygen atoms in total. The lowest BCUT2D eigenvalue weighted by atomic mass is 9.88. The van der Waals surface area contributed by atoms with Crippen molar-refractivity contribution in [1.29, 1.82) is 0 Å². The summed E-state index contributed by atoms with van der Waals surface area (Å²) in [4.78, 5) is 14.8. The minimum Gasteiger partial charge on any atom is -0.488 e. The Morgan fingerprint density at radius 3 is 2.62 bits per heavy atom. The van der Waals surface area contributed by atoms with Crippen molar-refractivity contribution in [3.8, 4) is 5.75 Å². The van der Waals surface area contributed by atoms with Gasteiger partial charge in [0.05, 0.1) is 0 Å². The molecule has 1 saturated heterocycles. The summed E-state index contributed by atoms with van der Waals surface area (Å²) in [6, 6.07) is 6.89. The summed E-state index contributed by atoms with van der Waals surface area (Å²) >= 11 is 0. The Balaban J connectivity index is 1.33.